The molecule has 1 aliphatic heterocycles. The molecule has 0 spiro atoms. The fraction of sp³-hybridized carbons (Fsp3) is 0.241. The lowest BCUT2D eigenvalue weighted by molar-refractivity contribution is -0.137. The first-order chi connectivity index (χ1) is 20.4. The summed E-state index contributed by atoms with van der Waals surface area (Å²) in [4.78, 5) is 28.6. The molecule has 0 radical (unpaired) electrons. The van der Waals surface area contributed by atoms with E-state index in [9.17, 15) is 18.0 Å². The zero-order valence-corrected chi connectivity index (χ0v) is 24.5. The number of carbonyl (C=O) groups excluding carboxylic acids is 1. The predicted octanol–water partition coefficient (Wildman–Crippen LogP) is 8.23. The molecule has 0 amide bonds. The third-order valence-electron chi connectivity index (χ3n) is 6.86. The van der Waals surface area contributed by atoms with Gasteiger partial charge in [0, 0.05) is 39.5 Å². The number of benzene rings is 1. The lowest BCUT2D eigenvalue weighted by Crippen LogP contribution is -2.34. The van der Waals surface area contributed by atoms with Crippen LogP contribution in [0.2, 0.25) is 0 Å². The molecule has 5 heterocycles. The number of nitrogens with one attached hydrogen (secondary N) is 1. The number of hydrogen-bond donors (Lipinski definition) is 1. The average molecular weight is 628 g/mol. The molecule has 0 saturated carbocycles. The molecule has 42 heavy (non-hydrogen) atoms. The van der Waals surface area contributed by atoms with Crippen molar-refractivity contribution in [2.45, 2.75) is 34.7 Å². The van der Waals surface area contributed by atoms with Crippen LogP contribution in [0.1, 0.15) is 30.0 Å². The first kappa shape index (κ1) is 28.6. The van der Waals surface area contributed by atoms with Crippen molar-refractivity contribution in [3.8, 4) is 11.5 Å². The fourth-order valence-electron chi connectivity index (χ4n) is 4.70. The highest BCUT2D eigenvalue weighted by Gasteiger charge is 2.30. The number of fused-ring (bicyclic) bond motifs is 1. The normalized spacial score (nSPS) is 14.7. The van der Waals surface area contributed by atoms with Crippen molar-refractivity contribution in [2.24, 2.45) is 0 Å². The number of halogens is 3. The first-order valence-corrected chi connectivity index (χ1v) is 15.7. The van der Waals surface area contributed by atoms with E-state index in [1.807, 2.05) is 29.0 Å². The molecule has 4 aromatic heterocycles. The maximum absolute atomic E-state index is 13.1. The summed E-state index contributed by atoms with van der Waals surface area (Å²) in [6.07, 6.45) is 1.84. The average Bonchev–Trinajstić information content (AvgIpc) is 3.66. The second-order valence-electron chi connectivity index (χ2n) is 9.63. The minimum Gasteiger partial charge on any atom is -0.453 e. The van der Waals surface area contributed by atoms with Crippen molar-refractivity contribution >= 4 is 61.9 Å². The Morgan fingerprint density at radius 2 is 1.90 bits per heavy atom. The summed E-state index contributed by atoms with van der Waals surface area (Å²) in [7, 11) is 0. The number of anilines is 2. The van der Waals surface area contributed by atoms with Gasteiger partial charge >= 0.3 is 6.18 Å². The van der Waals surface area contributed by atoms with E-state index in [2.05, 4.69) is 20.2 Å². The summed E-state index contributed by atoms with van der Waals surface area (Å²) in [5.41, 5.74) is 1.15. The molecule has 0 aliphatic carbocycles. The van der Waals surface area contributed by atoms with Crippen LogP contribution in [0.3, 0.4) is 0 Å². The van der Waals surface area contributed by atoms with Gasteiger partial charge in [0.1, 0.15) is 12.0 Å². The minimum absolute atomic E-state index is 0.251. The van der Waals surface area contributed by atoms with Crippen LogP contribution >= 0.6 is 34.4 Å². The van der Waals surface area contributed by atoms with Crippen LogP contribution in [0.5, 0.6) is 11.5 Å². The van der Waals surface area contributed by atoms with Crippen molar-refractivity contribution in [3.05, 3.63) is 76.9 Å². The molecule has 1 saturated heterocycles. The molecular formula is C29H24F3N5O2S3. The maximum atomic E-state index is 13.1. The topological polar surface area (TPSA) is 80.2 Å². The predicted molar refractivity (Wildman–Crippen MR) is 159 cm³/mol. The van der Waals surface area contributed by atoms with E-state index in [0.29, 0.717) is 29.2 Å². The van der Waals surface area contributed by atoms with Gasteiger partial charge in [0.2, 0.25) is 0 Å². The van der Waals surface area contributed by atoms with E-state index in [1.54, 1.807) is 23.7 Å². The highest BCUT2D eigenvalue weighted by atomic mass is 32.2. The van der Waals surface area contributed by atoms with Crippen LogP contribution in [-0.4, -0.2) is 45.8 Å². The highest BCUT2D eigenvalue weighted by Crippen LogP contribution is 2.40. The number of aromatic nitrogens is 3. The van der Waals surface area contributed by atoms with E-state index >= 15 is 0 Å². The summed E-state index contributed by atoms with van der Waals surface area (Å²) in [6.45, 7) is 2.16. The molecular weight excluding hydrogens is 604 g/mol. The van der Waals surface area contributed by atoms with Crippen LogP contribution in [0, 0.1) is 0 Å². The number of piperidine rings is 1. The standard InChI is InChI=1S/C29H24F3N5O2S3/c30-29(31,32)19-1-3-20(4-2-19)39-24-15-21(42-25-5-9-33-22-8-14-40-26(22)25)16-34-27(24)36-28-35-23(17-41-28)18-6-10-37(11-7-18)12-13-38/h1-5,8-9,13-18H,6-7,10-12H2,(H,34,35,36). The minimum atomic E-state index is -4.44. The molecule has 1 fully saturated rings. The molecule has 1 N–H and O–H groups in total. The number of nitrogens with zero attached hydrogens (tertiary/aromatic N) is 4. The number of likely N-dealkylation sites (tertiary alicyclic amines) is 1. The molecule has 6 rings (SSSR count). The number of hydrogen-bond acceptors (Lipinski definition) is 10. The van der Waals surface area contributed by atoms with Gasteiger partial charge in [-0.05, 0) is 67.7 Å². The van der Waals surface area contributed by atoms with Crippen molar-refractivity contribution < 1.29 is 22.7 Å². The second kappa shape index (κ2) is 12.4. The quantitative estimate of drug-likeness (QED) is 0.164. The van der Waals surface area contributed by atoms with E-state index in [0.717, 1.165) is 70.1 Å². The highest BCUT2D eigenvalue weighted by molar-refractivity contribution is 7.99. The smallest absolute Gasteiger partial charge is 0.416 e. The van der Waals surface area contributed by atoms with Crippen molar-refractivity contribution in [1.29, 1.82) is 0 Å². The number of aldehydes is 1. The Kier molecular flexibility index (Phi) is 8.43. The third kappa shape index (κ3) is 6.59. The largest absolute Gasteiger partial charge is 0.453 e. The molecule has 0 atom stereocenters. The van der Waals surface area contributed by atoms with E-state index in [-0.39, 0.29) is 5.75 Å². The molecule has 216 valence electrons. The summed E-state index contributed by atoms with van der Waals surface area (Å²) in [5.74, 6) is 1.32. The van der Waals surface area contributed by atoms with Crippen LogP contribution in [0.25, 0.3) is 10.2 Å². The van der Waals surface area contributed by atoms with Crippen LogP contribution in [0.15, 0.2) is 75.4 Å². The SMILES string of the molecule is O=CCN1CCC(c2csc(Nc3ncc(Sc4ccnc5ccsc45)cc3Oc3ccc(C(F)(F)F)cc3)n2)CC1. The first-order valence-electron chi connectivity index (χ1n) is 13.1. The zero-order chi connectivity index (χ0) is 29.1. The Morgan fingerprint density at radius 3 is 2.67 bits per heavy atom. The molecule has 1 aromatic carbocycles. The van der Waals surface area contributed by atoms with Gasteiger partial charge in [-0.15, -0.1) is 22.7 Å². The Balaban J connectivity index is 1.25. The number of ether oxygens (including phenoxy) is 1. The van der Waals surface area contributed by atoms with Crippen molar-refractivity contribution in [1.82, 2.24) is 19.9 Å². The molecule has 0 unspecified atom stereocenters. The fourth-order valence-corrected chi connectivity index (χ4v) is 7.37. The Morgan fingerprint density at radius 1 is 1.10 bits per heavy atom. The lowest BCUT2D eigenvalue weighted by atomic mass is 9.94. The van der Waals surface area contributed by atoms with Gasteiger partial charge in [-0.2, -0.15) is 13.2 Å². The van der Waals surface area contributed by atoms with E-state index < -0.39 is 11.7 Å². The molecule has 1 aliphatic rings. The number of carbonyl (C=O) groups is 1. The zero-order valence-electron chi connectivity index (χ0n) is 22.0. The van der Waals surface area contributed by atoms with Gasteiger partial charge in [0.15, 0.2) is 16.7 Å². The Bertz CT molecular complexity index is 1680. The Hall–Kier alpha value is -3.52. The number of rotatable bonds is 9. The maximum Gasteiger partial charge on any atom is 0.416 e. The lowest BCUT2D eigenvalue weighted by Gasteiger charge is -2.29. The number of thiophene rings is 1. The molecule has 5 aromatic rings. The third-order valence-corrected chi connectivity index (χ3v) is 9.72. The van der Waals surface area contributed by atoms with Gasteiger partial charge in [-0.3, -0.25) is 9.88 Å². The molecule has 7 nitrogen and oxygen atoms in total. The van der Waals surface area contributed by atoms with Gasteiger partial charge in [-0.25, -0.2) is 9.97 Å². The van der Waals surface area contributed by atoms with Gasteiger partial charge in [0.25, 0.3) is 0 Å². The van der Waals surface area contributed by atoms with E-state index in [1.165, 1.54) is 35.2 Å². The summed E-state index contributed by atoms with van der Waals surface area (Å²) in [6, 6.07) is 10.3. The number of pyridine rings is 2. The molecule has 0 bridgehead atoms. The monoisotopic (exact) mass is 627 g/mol. The molecule has 13 heteroatoms. The van der Waals surface area contributed by atoms with Gasteiger partial charge in [-0.1, -0.05) is 11.8 Å². The summed E-state index contributed by atoms with van der Waals surface area (Å²) in [5, 5.41) is 7.91. The number of alkyl halides is 3. The second-order valence-corrected chi connectivity index (χ2v) is 12.5. The van der Waals surface area contributed by atoms with Crippen LogP contribution in [0.4, 0.5) is 24.1 Å². The number of thiazole rings is 1. The van der Waals surface area contributed by atoms with Crippen LogP contribution in [-0.2, 0) is 11.0 Å². The van der Waals surface area contributed by atoms with Crippen molar-refractivity contribution in [2.75, 3.05) is 25.0 Å². The van der Waals surface area contributed by atoms with E-state index in [4.69, 9.17) is 9.72 Å². The van der Waals surface area contributed by atoms with Crippen LogP contribution < -0.4 is 10.1 Å². The van der Waals surface area contributed by atoms with Gasteiger partial charge < -0.3 is 14.8 Å². The van der Waals surface area contributed by atoms with Crippen molar-refractivity contribution in [3.63, 3.8) is 0 Å². The summed E-state index contributed by atoms with van der Waals surface area (Å²) < 4.78 is 46.4. The van der Waals surface area contributed by atoms with Gasteiger partial charge in [0.05, 0.1) is 28.0 Å². The summed E-state index contributed by atoms with van der Waals surface area (Å²) >= 11 is 4.56. The Labute approximate surface area is 251 Å².